The van der Waals surface area contributed by atoms with Gasteiger partial charge in [-0.1, -0.05) is 172 Å². The average Bonchev–Trinajstić information content (AvgIpc) is 3.58. The summed E-state index contributed by atoms with van der Waals surface area (Å²) in [5, 5.41) is 8.59. The monoisotopic (exact) mass is 760 g/mol. The Morgan fingerprint density at radius 3 is 1.86 bits per heavy atom. The zero-order valence-electron chi connectivity index (χ0n) is 35.5. The lowest BCUT2D eigenvalue weighted by molar-refractivity contribution is 0.630. The predicted molar refractivity (Wildman–Crippen MR) is 249 cm³/mol. The molecule has 0 fully saturated rings. The summed E-state index contributed by atoms with van der Waals surface area (Å²) in [6, 6.07) is 65.4. The van der Waals surface area contributed by atoms with Crippen molar-refractivity contribution < 1.29 is 8.50 Å². The normalized spacial score (nSPS) is 15.7. The minimum absolute atomic E-state index is 0.311. The first kappa shape index (κ1) is 31.8. The van der Waals surface area contributed by atoms with E-state index in [1.807, 2.05) is 115 Å². The van der Waals surface area contributed by atoms with Crippen molar-refractivity contribution in [3.8, 4) is 22.3 Å². The number of hydrogen-bond donors (Lipinski definition) is 0. The molecule has 1 unspecified atom stereocenters. The van der Waals surface area contributed by atoms with E-state index in [-0.39, 0.29) is 5.82 Å². The smallest absolute Gasteiger partial charge is 0.148 e. The fraction of sp³-hybridized carbons (Fsp3) is 0.0526. The lowest BCUT2D eigenvalue weighted by Crippen LogP contribution is -2.15. The van der Waals surface area contributed by atoms with E-state index >= 15 is 4.39 Å². The lowest BCUT2D eigenvalue weighted by Gasteiger charge is -2.29. The van der Waals surface area contributed by atoms with Crippen LogP contribution in [0, 0.1) is 5.82 Å². The van der Waals surface area contributed by atoms with Crippen molar-refractivity contribution in [1.82, 2.24) is 0 Å². The van der Waals surface area contributed by atoms with Crippen LogP contribution in [0.4, 0.5) is 21.5 Å². The maximum absolute atomic E-state index is 17.0. The fourth-order valence-electron chi connectivity index (χ4n) is 9.28. The van der Waals surface area contributed by atoms with E-state index in [0.717, 1.165) is 99.0 Å². The molecule has 1 aliphatic rings. The van der Waals surface area contributed by atoms with E-state index in [1.54, 1.807) is 6.07 Å². The van der Waals surface area contributed by atoms with Gasteiger partial charge in [0.15, 0.2) is 0 Å². The van der Waals surface area contributed by atoms with Crippen molar-refractivity contribution in [2.24, 2.45) is 0 Å². The molecule has 1 nitrogen and oxygen atoms in total. The quantitative estimate of drug-likeness (QED) is 0.116. The van der Waals surface area contributed by atoms with Gasteiger partial charge in [-0.15, -0.1) is 0 Å². The molecule has 0 amide bonds. The Balaban J connectivity index is 0.980. The van der Waals surface area contributed by atoms with Crippen molar-refractivity contribution in [3.63, 3.8) is 0 Å². The number of para-hydroxylation sites is 1. The highest BCUT2D eigenvalue weighted by Crippen LogP contribution is 2.49. The maximum atomic E-state index is 17.0. The molecule has 0 aromatic heterocycles. The Hall–Kier alpha value is -7.29. The Bertz CT molecular complexity index is 3410. The minimum atomic E-state index is -2.22. The molecule has 0 saturated heterocycles. The summed E-state index contributed by atoms with van der Waals surface area (Å²) < 4.78 is 43.0. The van der Waals surface area contributed by atoms with Crippen LogP contribution in [0.5, 0.6) is 0 Å². The molecule has 11 rings (SSSR count). The van der Waals surface area contributed by atoms with E-state index in [1.165, 1.54) is 0 Å². The van der Waals surface area contributed by atoms with Gasteiger partial charge in [0.1, 0.15) is 5.82 Å². The van der Waals surface area contributed by atoms with Gasteiger partial charge in [0.2, 0.25) is 0 Å². The highest BCUT2D eigenvalue weighted by atomic mass is 19.1. The number of fused-ring (bicyclic) bond motifs is 3. The van der Waals surface area contributed by atoms with Crippen LogP contribution in [0.15, 0.2) is 194 Å². The lowest BCUT2D eigenvalue weighted by atomic mass is 9.81. The van der Waals surface area contributed by atoms with Crippen molar-refractivity contribution >= 4 is 72.3 Å². The van der Waals surface area contributed by atoms with Crippen LogP contribution in [0.25, 0.3) is 77.5 Å². The van der Waals surface area contributed by atoms with Crippen LogP contribution in [0.2, 0.25) is 0 Å². The van der Waals surface area contributed by atoms with Gasteiger partial charge >= 0.3 is 0 Å². The Kier molecular flexibility index (Phi) is 7.36. The molecule has 1 atom stereocenters. The van der Waals surface area contributed by atoms with Crippen molar-refractivity contribution in [1.29, 1.82) is 0 Å². The third-order valence-electron chi connectivity index (χ3n) is 12.1. The van der Waals surface area contributed by atoms with E-state index in [4.69, 9.17) is 4.11 Å². The summed E-state index contributed by atoms with van der Waals surface area (Å²) in [6.45, 7) is -0.344. The van der Waals surface area contributed by atoms with Crippen LogP contribution in [0.1, 0.15) is 40.1 Å². The van der Waals surface area contributed by atoms with E-state index in [0.29, 0.717) is 5.69 Å². The average molecular weight is 761 g/mol. The van der Waals surface area contributed by atoms with Gasteiger partial charge in [-0.25, -0.2) is 4.39 Å². The third-order valence-corrected chi connectivity index (χ3v) is 12.1. The highest BCUT2D eigenvalue weighted by Gasteiger charge is 2.34. The molecule has 0 heterocycles. The fourth-order valence-corrected chi connectivity index (χ4v) is 9.28. The van der Waals surface area contributed by atoms with Crippen LogP contribution in [0.3, 0.4) is 0 Å². The summed E-state index contributed by atoms with van der Waals surface area (Å²) in [4.78, 5) is 2.03. The molecule has 0 radical (unpaired) electrons. The molecular weight excluding hydrogens is 718 g/mol. The summed E-state index contributed by atoms with van der Waals surface area (Å²) in [5.41, 5.74) is 8.33. The predicted octanol–water partition coefficient (Wildman–Crippen LogP) is 16.1. The minimum Gasteiger partial charge on any atom is -0.307 e. The molecule has 1 aliphatic carbocycles. The Morgan fingerprint density at radius 2 is 1.10 bits per heavy atom. The van der Waals surface area contributed by atoms with Gasteiger partial charge < -0.3 is 4.90 Å². The van der Waals surface area contributed by atoms with Gasteiger partial charge in [-0.2, -0.15) is 0 Å². The molecule has 0 saturated carbocycles. The number of halogens is 1. The molecule has 10 aromatic carbocycles. The molecule has 0 bridgehead atoms. The second-order valence-electron chi connectivity index (χ2n) is 15.8. The number of rotatable bonds is 7. The van der Waals surface area contributed by atoms with E-state index < -0.39 is 12.3 Å². The summed E-state index contributed by atoms with van der Waals surface area (Å²) >= 11 is 0. The zero-order chi connectivity index (χ0) is 42.2. The highest BCUT2D eigenvalue weighted by molar-refractivity contribution is 6.15. The molecule has 0 N–H and O–H groups in total. The van der Waals surface area contributed by atoms with Crippen molar-refractivity contribution in [2.45, 2.75) is 19.2 Å². The Labute approximate surface area is 348 Å². The SMILES string of the molecule is [2H]C([2H])([2H])C1(C)c2cccc3ccc4cc(/C=C/c5ccc6c(ccc7cc(N(c8ccccc8)c8c(F)cc(-c9ccccc9)cc8-c8ccccc8)ccc76)c5)cc1c4c23. The topological polar surface area (TPSA) is 3.24 Å². The van der Waals surface area contributed by atoms with Crippen LogP contribution in [-0.4, -0.2) is 0 Å². The Morgan fingerprint density at radius 1 is 0.475 bits per heavy atom. The molecule has 0 spiro atoms. The third kappa shape index (κ3) is 5.83. The van der Waals surface area contributed by atoms with E-state index in [9.17, 15) is 0 Å². The summed E-state index contributed by atoms with van der Waals surface area (Å²) in [5.74, 6) is -0.311. The van der Waals surface area contributed by atoms with Gasteiger partial charge in [-0.3, -0.25) is 0 Å². The van der Waals surface area contributed by atoms with Gasteiger partial charge in [0.05, 0.1) is 5.69 Å². The molecule has 0 aliphatic heterocycles. The van der Waals surface area contributed by atoms with Crippen LogP contribution >= 0.6 is 0 Å². The molecule has 10 aromatic rings. The van der Waals surface area contributed by atoms with Crippen LogP contribution in [-0.2, 0) is 5.41 Å². The maximum Gasteiger partial charge on any atom is 0.148 e. The first-order chi connectivity index (χ1) is 30.2. The number of anilines is 3. The van der Waals surface area contributed by atoms with Crippen molar-refractivity contribution in [3.05, 3.63) is 222 Å². The van der Waals surface area contributed by atoms with E-state index in [2.05, 4.69) is 97.1 Å². The van der Waals surface area contributed by atoms with Crippen molar-refractivity contribution in [2.75, 3.05) is 4.90 Å². The first-order valence-electron chi connectivity index (χ1n) is 21.6. The number of hydrogen-bond acceptors (Lipinski definition) is 1. The van der Waals surface area contributed by atoms with Gasteiger partial charge in [-0.05, 0) is 131 Å². The number of nitrogens with zero attached hydrogens (tertiary/aromatic N) is 1. The largest absolute Gasteiger partial charge is 0.307 e. The standard InChI is InChI=1S/C57H40FN/c1-57(2)51-20-12-17-41-24-27-44-32-38(33-52(57)55(44)54(41)51)22-21-37-23-29-48-42(31-37)25-26-43-34-47(28-30-49(43)48)59(46-18-10-5-11-19-46)56-50(40-15-8-4-9-16-40)35-45(36-53(56)58)39-13-6-3-7-14-39/h3-36H,1-2H3/b22-21+/i1D3. The molecule has 59 heavy (non-hydrogen) atoms. The molecular formula is C57H40FN. The molecule has 2 heteroatoms. The van der Waals surface area contributed by atoms with Gasteiger partial charge in [0.25, 0.3) is 0 Å². The zero-order valence-corrected chi connectivity index (χ0v) is 32.5. The molecule has 280 valence electrons. The van der Waals surface area contributed by atoms with Crippen LogP contribution < -0.4 is 4.90 Å². The number of benzene rings is 10. The van der Waals surface area contributed by atoms with Gasteiger partial charge in [0, 0.05) is 26.5 Å². The summed E-state index contributed by atoms with van der Waals surface area (Å²) in [7, 11) is 0. The second kappa shape index (κ2) is 13.7. The summed E-state index contributed by atoms with van der Waals surface area (Å²) in [6.07, 6.45) is 4.19. The first-order valence-corrected chi connectivity index (χ1v) is 20.1. The second-order valence-corrected chi connectivity index (χ2v) is 15.8.